The highest BCUT2D eigenvalue weighted by Crippen LogP contribution is 2.33. The largest absolute Gasteiger partial charge is 0.508 e. The van der Waals surface area contributed by atoms with Crippen molar-refractivity contribution in [2.45, 2.75) is 58.3 Å². The number of ether oxygens (including phenoxy) is 1. The molecule has 0 radical (unpaired) electrons. The number of carbonyl (C=O) groups excluding carboxylic acids is 1. The molecule has 0 saturated heterocycles. The molecule has 1 aromatic rings. The Kier molecular flexibility index (Phi) is 6.09. The Hall–Kier alpha value is -1.51. The van der Waals surface area contributed by atoms with Crippen LogP contribution in [-0.4, -0.2) is 11.1 Å². The summed E-state index contributed by atoms with van der Waals surface area (Å²) < 4.78 is 5.39. The minimum Gasteiger partial charge on any atom is -0.508 e. The smallest absolute Gasteiger partial charge is 0.314 e. The molecule has 0 atom stereocenters. The van der Waals surface area contributed by atoms with Gasteiger partial charge < -0.3 is 9.84 Å². The molecule has 2 rings (SSSR count). The SMILES string of the molecule is CCCCCC1CCC(C(=O)Oc2ccc(O)cc2)CC1. The lowest BCUT2D eigenvalue weighted by molar-refractivity contribution is -0.140. The zero-order chi connectivity index (χ0) is 15.1. The second-order valence-corrected chi connectivity index (χ2v) is 6.13. The molecule has 1 aliphatic rings. The predicted octanol–water partition coefficient (Wildman–Crippen LogP) is 4.68. The van der Waals surface area contributed by atoms with Gasteiger partial charge in [0.1, 0.15) is 11.5 Å². The van der Waals surface area contributed by atoms with E-state index in [-0.39, 0.29) is 17.6 Å². The van der Waals surface area contributed by atoms with Gasteiger partial charge in [-0.25, -0.2) is 0 Å². The predicted molar refractivity (Wildman–Crippen MR) is 83.3 cm³/mol. The first-order valence-electron chi connectivity index (χ1n) is 8.19. The van der Waals surface area contributed by atoms with Crippen LogP contribution in [-0.2, 0) is 4.79 Å². The van der Waals surface area contributed by atoms with Gasteiger partial charge in [0.15, 0.2) is 0 Å². The van der Waals surface area contributed by atoms with Gasteiger partial charge in [-0.3, -0.25) is 4.79 Å². The molecule has 3 heteroatoms. The maximum Gasteiger partial charge on any atom is 0.314 e. The Morgan fingerprint density at radius 3 is 2.43 bits per heavy atom. The van der Waals surface area contributed by atoms with Crippen LogP contribution in [0.2, 0.25) is 0 Å². The summed E-state index contributed by atoms with van der Waals surface area (Å²) in [7, 11) is 0. The van der Waals surface area contributed by atoms with Crippen molar-refractivity contribution in [3.05, 3.63) is 24.3 Å². The Balaban J connectivity index is 1.74. The molecular weight excluding hydrogens is 264 g/mol. The van der Waals surface area contributed by atoms with Crippen molar-refractivity contribution in [3.8, 4) is 11.5 Å². The average Bonchev–Trinajstić information content (AvgIpc) is 2.50. The highest BCUT2D eigenvalue weighted by atomic mass is 16.5. The quantitative estimate of drug-likeness (QED) is 0.470. The number of esters is 1. The fourth-order valence-corrected chi connectivity index (χ4v) is 3.08. The molecule has 21 heavy (non-hydrogen) atoms. The van der Waals surface area contributed by atoms with Crippen molar-refractivity contribution in [1.29, 1.82) is 0 Å². The Morgan fingerprint density at radius 1 is 1.14 bits per heavy atom. The van der Waals surface area contributed by atoms with E-state index in [1.807, 2.05) is 0 Å². The van der Waals surface area contributed by atoms with Crippen LogP contribution in [0.1, 0.15) is 58.3 Å². The number of rotatable bonds is 6. The number of hydrogen-bond acceptors (Lipinski definition) is 3. The molecule has 1 aromatic carbocycles. The molecule has 1 aliphatic carbocycles. The molecule has 0 amide bonds. The number of hydrogen-bond donors (Lipinski definition) is 1. The molecule has 0 bridgehead atoms. The standard InChI is InChI=1S/C18H26O3/c1-2-3-4-5-14-6-8-15(9-7-14)18(20)21-17-12-10-16(19)11-13-17/h10-15,19H,2-9H2,1H3. The van der Waals surface area contributed by atoms with Crippen LogP contribution in [0, 0.1) is 11.8 Å². The molecule has 1 saturated carbocycles. The summed E-state index contributed by atoms with van der Waals surface area (Å²) in [4.78, 5) is 12.1. The summed E-state index contributed by atoms with van der Waals surface area (Å²) in [5, 5.41) is 9.22. The first-order valence-corrected chi connectivity index (χ1v) is 8.19. The molecule has 1 N–H and O–H groups in total. The second kappa shape index (κ2) is 8.06. The maximum atomic E-state index is 12.1. The lowest BCUT2D eigenvalue weighted by Crippen LogP contribution is -2.25. The van der Waals surface area contributed by atoms with Gasteiger partial charge in [-0.2, -0.15) is 0 Å². The van der Waals surface area contributed by atoms with Gasteiger partial charge in [0.25, 0.3) is 0 Å². The lowest BCUT2D eigenvalue weighted by atomic mass is 9.80. The number of phenols is 1. The molecule has 0 unspecified atom stereocenters. The van der Waals surface area contributed by atoms with E-state index in [1.54, 1.807) is 12.1 Å². The van der Waals surface area contributed by atoms with Crippen LogP contribution in [0.5, 0.6) is 11.5 Å². The van der Waals surface area contributed by atoms with Crippen LogP contribution in [0.15, 0.2) is 24.3 Å². The third-order valence-corrected chi connectivity index (χ3v) is 4.45. The maximum absolute atomic E-state index is 12.1. The van der Waals surface area contributed by atoms with E-state index in [2.05, 4.69) is 6.92 Å². The summed E-state index contributed by atoms with van der Waals surface area (Å²) in [5.74, 6) is 1.42. The van der Waals surface area contributed by atoms with Gasteiger partial charge in [0.2, 0.25) is 0 Å². The highest BCUT2D eigenvalue weighted by molar-refractivity contribution is 5.75. The fourth-order valence-electron chi connectivity index (χ4n) is 3.08. The van der Waals surface area contributed by atoms with E-state index in [9.17, 15) is 9.90 Å². The number of aromatic hydroxyl groups is 1. The van der Waals surface area contributed by atoms with E-state index in [1.165, 1.54) is 37.8 Å². The van der Waals surface area contributed by atoms with Crippen LogP contribution < -0.4 is 4.74 Å². The monoisotopic (exact) mass is 290 g/mol. The Morgan fingerprint density at radius 2 is 1.81 bits per heavy atom. The Labute approximate surface area is 127 Å². The number of unbranched alkanes of at least 4 members (excludes halogenated alkanes) is 2. The minimum absolute atomic E-state index is 0.0428. The van der Waals surface area contributed by atoms with Crippen molar-refractivity contribution in [2.75, 3.05) is 0 Å². The van der Waals surface area contributed by atoms with E-state index in [0.717, 1.165) is 31.6 Å². The first-order chi connectivity index (χ1) is 10.2. The zero-order valence-corrected chi connectivity index (χ0v) is 12.9. The molecule has 1 fully saturated rings. The third-order valence-electron chi connectivity index (χ3n) is 4.45. The number of phenolic OH excluding ortho intramolecular Hbond substituents is 1. The normalized spacial score (nSPS) is 22.0. The van der Waals surface area contributed by atoms with Crippen molar-refractivity contribution in [1.82, 2.24) is 0 Å². The van der Waals surface area contributed by atoms with Crippen LogP contribution in [0.4, 0.5) is 0 Å². The molecular formula is C18H26O3. The van der Waals surface area contributed by atoms with E-state index in [4.69, 9.17) is 4.74 Å². The van der Waals surface area contributed by atoms with Crippen molar-refractivity contribution >= 4 is 5.97 Å². The topological polar surface area (TPSA) is 46.5 Å². The fraction of sp³-hybridized carbons (Fsp3) is 0.611. The van der Waals surface area contributed by atoms with Gasteiger partial charge >= 0.3 is 5.97 Å². The van der Waals surface area contributed by atoms with Gasteiger partial charge in [0, 0.05) is 0 Å². The molecule has 0 aliphatic heterocycles. The highest BCUT2D eigenvalue weighted by Gasteiger charge is 2.27. The van der Waals surface area contributed by atoms with E-state index in [0.29, 0.717) is 5.75 Å². The molecule has 0 heterocycles. The van der Waals surface area contributed by atoms with Gasteiger partial charge in [-0.1, -0.05) is 32.6 Å². The third kappa shape index (κ3) is 5.07. The van der Waals surface area contributed by atoms with Gasteiger partial charge in [0.05, 0.1) is 5.92 Å². The average molecular weight is 290 g/mol. The second-order valence-electron chi connectivity index (χ2n) is 6.13. The summed E-state index contributed by atoms with van der Waals surface area (Å²) in [5.41, 5.74) is 0. The van der Waals surface area contributed by atoms with Crippen LogP contribution in [0.3, 0.4) is 0 Å². The van der Waals surface area contributed by atoms with Gasteiger partial charge in [-0.05, 0) is 55.9 Å². The lowest BCUT2D eigenvalue weighted by Gasteiger charge is -2.27. The van der Waals surface area contributed by atoms with E-state index < -0.39 is 0 Å². The summed E-state index contributed by atoms with van der Waals surface area (Å²) in [6, 6.07) is 6.33. The van der Waals surface area contributed by atoms with Crippen molar-refractivity contribution < 1.29 is 14.6 Å². The van der Waals surface area contributed by atoms with Crippen molar-refractivity contribution in [2.24, 2.45) is 11.8 Å². The summed E-state index contributed by atoms with van der Waals surface area (Å²) in [6.45, 7) is 2.23. The zero-order valence-electron chi connectivity index (χ0n) is 12.9. The summed E-state index contributed by atoms with van der Waals surface area (Å²) >= 11 is 0. The first kappa shape index (κ1) is 15.9. The molecule has 0 spiro atoms. The molecule has 116 valence electrons. The molecule has 0 aromatic heterocycles. The Bertz CT molecular complexity index is 430. The summed E-state index contributed by atoms with van der Waals surface area (Å²) in [6.07, 6.45) is 9.44. The van der Waals surface area contributed by atoms with Crippen molar-refractivity contribution in [3.63, 3.8) is 0 Å². The molecule has 3 nitrogen and oxygen atoms in total. The van der Waals surface area contributed by atoms with E-state index >= 15 is 0 Å². The number of benzene rings is 1. The van der Waals surface area contributed by atoms with Crippen LogP contribution >= 0.6 is 0 Å². The minimum atomic E-state index is -0.118. The van der Waals surface area contributed by atoms with Crippen LogP contribution in [0.25, 0.3) is 0 Å². The number of carbonyl (C=O) groups is 1. The van der Waals surface area contributed by atoms with Gasteiger partial charge in [-0.15, -0.1) is 0 Å².